The lowest BCUT2D eigenvalue weighted by Crippen LogP contribution is -2.51. The van der Waals surface area contributed by atoms with Crippen molar-refractivity contribution in [2.75, 3.05) is 52.9 Å². The summed E-state index contributed by atoms with van der Waals surface area (Å²) in [6.07, 6.45) is 1.44. The molecule has 3 aliphatic heterocycles. The predicted octanol–water partition coefficient (Wildman–Crippen LogP) is 2.04. The second kappa shape index (κ2) is 9.23. The van der Waals surface area contributed by atoms with Gasteiger partial charge in [-0.25, -0.2) is 0 Å². The zero-order chi connectivity index (χ0) is 22.9. The number of piperazine rings is 1. The maximum Gasteiger partial charge on any atom is 0.285 e. The van der Waals surface area contributed by atoms with Crippen LogP contribution in [-0.4, -0.2) is 87.8 Å². The van der Waals surface area contributed by atoms with E-state index in [4.69, 9.17) is 4.74 Å². The normalized spacial score (nSPS) is 22.3. The molecule has 2 fully saturated rings. The molecule has 3 aliphatic rings. The average Bonchev–Trinajstić information content (AvgIpc) is 3.07. The van der Waals surface area contributed by atoms with Gasteiger partial charge in [0.2, 0.25) is 5.91 Å². The summed E-state index contributed by atoms with van der Waals surface area (Å²) in [6.45, 7) is 9.72. The Labute approximate surface area is 190 Å². The predicted molar refractivity (Wildman–Crippen MR) is 125 cm³/mol. The number of likely N-dealkylation sites (N-methyl/N-ethyl adjacent to an activating group) is 1. The highest BCUT2D eigenvalue weighted by atomic mass is 32.2. The Bertz CT molecular complexity index is 1020. The molecule has 3 heterocycles. The monoisotopic (exact) mass is 460 g/mol. The third kappa shape index (κ3) is 4.41. The van der Waals surface area contributed by atoms with E-state index < -0.39 is 10.0 Å². The lowest BCUT2D eigenvalue weighted by atomic mass is 9.94. The van der Waals surface area contributed by atoms with Crippen LogP contribution in [0.2, 0.25) is 0 Å². The molecule has 0 bridgehead atoms. The molecule has 0 unspecified atom stereocenters. The molecule has 8 nitrogen and oxygen atoms in total. The molecule has 0 aliphatic carbocycles. The van der Waals surface area contributed by atoms with Gasteiger partial charge in [-0.05, 0) is 56.1 Å². The number of nitrogens with zero attached hydrogens (tertiary/aromatic N) is 4. The van der Waals surface area contributed by atoms with Crippen molar-refractivity contribution in [1.29, 1.82) is 0 Å². The molecular weight excluding hydrogens is 428 g/mol. The molecular formula is C23H32N4O4S. The van der Waals surface area contributed by atoms with E-state index in [9.17, 15) is 13.2 Å². The fraction of sp³-hybridized carbons (Fsp3) is 0.565. The summed E-state index contributed by atoms with van der Waals surface area (Å²) < 4.78 is 35.0. The van der Waals surface area contributed by atoms with Gasteiger partial charge in [0.15, 0.2) is 0 Å². The van der Waals surface area contributed by atoms with Gasteiger partial charge in [-0.2, -0.15) is 8.42 Å². The molecule has 0 saturated carbocycles. The fourth-order valence-electron chi connectivity index (χ4n) is 4.81. The molecule has 1 amide bonds. The van der Waals surface area contributed by atoms with Crippen molar-refractivity contribution >= 4 is 26.7 Å². The van der Waals surface area contributed by atoms with Crippen LogP contribution in [0.4, 0.5) is 0 Å². The van der Waals surface area contributed by atoms with E-state index in [2.05, 4.69) is 16.2 Å². The SMILES string of the molecule is CCN1CCN(C(=O)C2CCN(C3=NS(=O)(=O)C(c4ccc(OC)cc4)=C3C)CC2)CC1. The lowest BCUT2D eigenvalue weighted by Gasteiger charge is -2.38. The van der Waals surface area contributed by atoms with Crippen LogP contribution in [0.5, 0.6) is 5.75 Å². The van der Waals surface area contributed by atoms with Crippen LogP contribution >= 0.6 is 0 Å². The molecule has 4 rings (SSSR count). The zero-order valence-corrected chi connectivity index (χ0v) is 19.9. The van der Waals surface area contributed by atoms with Crippen LogP contribution in [-0.2, 0) is 14.8 Å². The van der Waals surface area contributed by atoms with Crippen LogP contribution in [0.25, 0.3) is 4.91 Å². The fourth-order valence-corrected chi connectivity index (χ4v) is 6.29. The van der Waals surface area contributed by atoms with Crippen molar-refractivity contribution in [2.24, 2.45) is 10.3 Å². The first-order valence-corrected chi connectivity index (χ1v) is 12.7. The number of carbonyl (C=O) groups is 1. The van der Waals surface area contributed by atoms with Gasteiger partial charge in [0.1, 0.15) is 16.5 Å². The smallest absolute Gasteiger partial charge is 0.285 e. The van der Waals surface area contributed by atoms with Gasteiger partial charge in [-0.15, -0.1) is 4.40 Å². The Morgan fingerprint density at radius 1 is 1.06 bits per heavy atom. The Morgan fingerprint density at radius 2 is 1.69 bits per heavy atom. The number of methoxy groups -OCH3 is 1. The lowest BCUT2D eigenvalue weighted by molar-refractivity contribution is -0.138. The zero-order valence-electron chi connectivity index (χ0n) is 19.1. The Hall–Kier alpha value is -2.39. The average molecular weight is 461 g/mol. The number of sulfonamides is 1. The third-order valence-corrected chi connectivity index (χ3v) is 8.24. The number of hydrogen-bond acceptors (Lipinski definition) is 6. The van der Waals surface area contributed by atoms with Crippen molar-refractivity contribution in [2.45, 2.75) is 26.7 Å². The molecule has 1 aromatic carbocycles. The molecule has 0 N–H and O–H groups in total. The summed E-state index contributed by atoms with van der Waals surface area (Å²) >= 11 is 0. The van der Waals surface area contributed by atoms with Crippen LogP contribution in [0.15, 0.2) is 34.2 Å². The second-order valence-corrected chi connectivity index (χ2v) is 10.1. The summed E-state index contributed by atoms with van der Waals surface area (Å²) in [7, 11) is -2.18. The molecule has 0 spiro atoms. The number of carbonyl (C=O) groups excluding carboxylic acids is 1. The molecule has 2 saturated heterocycles. The van der Waals surface area contributed by atoms with E-state index in [1.165, 1.54) is 0 Å². The number of ether oxygens (including phenoxy) is 1. The van der Waals surface area contributed by atoms with Crippen LogP contribution < -0.4 is 4.74 Å². The Kier molecular flexibility index (Phi) is 6.57. The maximum atomic E-state index is 13.0. The quantitative estimate of drug-likeness (QED) is 0.684. The third-order valence-electron chi connectivity index (χ3n) is 6.77. The maximum absolute atomic E-state index is 13.0. The van der Waals surface area contributed by atoms with E-state index in [0.717, 1.165) is 45.6 Å². The minimum absolute atomic E-state index is 0.00313. The molecule has 32 heavy (non-hydrogen) atoms. The van der Waals surface area contributed by atoms with Crippen molar-refractivity contribution in [3.63, 3.8) is 0 Å². The number of hydrogen-bond donors (Lipinski definition) is 0. The first-order valence-electron chi connectivity index (χ1n) is 11.3. The molecule has 174 valence electrons. The summed E-state index contributed by atoms with van der Waals surface area (Å²) in [5.41, 5.74) is 1.27. The number of benzene rings is 1. The Balaban J connectivity index is 1.43. The number of amidine groups is 1. The molecule has 0 atom stereocenters. The highest BCUT2D eigenvalue weighted by Gasteiger charge is 2.36. The number of amides is 1. The highest BCUT2D eigenvalue weighted by molar-refractivity contribution is 8.00. The van der Waals surface area contributed by atoms with E-state index in [0.29, 0.717) is 35.8 Å². The van der Waals surface area contributed by atoms with Gasteiger partial charge in [0.25, 0.3) is 10.0 Å². The second-order valence-electron chi connectivity index (χ2n) is 8.59. The first-order chi connectivity index (χ1) is 15.3. The van der Waals surface area contributed by atoms with E-state index in [1.54, 1.807) is 31.4 Å². The topological polar surface area (TPSA) is 82.5 Å². The molecule has 1 aromatic rings. The molecule has 0 aromatic heterocycles. The standard InChI is InChI=1S/C23H32N4O4S/c1-4-25-13-15-27(16-14-25)23(28)19-9-11-26(12-10-19)22-17(2)21(32(29,30)24-22)18-5-7-20(31-3)8-6-18/h5-8,19H,4,9-16H2,1-3H3. The number of piperidine rings is 1. The minimum Gasteiger partial charge on any atom is -0.497 e. The number of rotatable bonds is 4. The van der Waals surface area contributed by atoms with Crippen molar-refractivity contribution in [3.05, 3.63) is 35.4 Å². The highest BCUT2D eigenvalue weighted by Crippen LogP contribution is 2.35. The van der Waals surface area contributed by atoms with Gasteiger partial charge in [-0.1, -0.05) is 6.92 Å². The van der Waals surface area contributed by atoms with E-state index in [-0.39, 0.29) is 16.7 Å². The minimum atomic E-state index is -3.76. The van der Waals surface area contributed by atoms with Gasteiger partial charge in [0.05, 0.1) is 7.11 Å². The summed E-state index contributed by atoms with van der Waals surface area (Å²) in [4.78, 5) is 19.6. The van der Waals surface area contributed by atoms with Crippen molar-refractivity contribution in [3.8, 4) is 5.75 Å². The van der Waals surface area contributed by atoms with Gasteiger partial charge in [0, 0.05) is 50.8 Å². The summed E-state index contributed by atoms with van der Waals surface area (Å²) in [5, 5.41) is 0. The largest absolute Gasteiger partial charge is 0.497 e. The molecule has 0 radical (unpaired) electrons. The van der Waals surface area contributed by atoms with Crippen molar-refractivity contribution in [1.82, 2.24) is 14.7 Å². The molecule has 9 heteroatoms. The summed E-state index contributed by atoms with van der Waals surface area (Å²) in [5.74, 6) is 1.43. The van der Waals surface area contributed by atoms with Gasteiger partial charge < -0.3 is 19.4 Å². The van der Waals surface area contributed by atoms with Crippen molar-refractivity contribution < 1.29 is 17.9 Å². The van der Waals surface area contributed by atoms with Gasteiger partial charge >= 0.3 is 0 Å². The van der Waals surface area contributed by atoms with E-state index >= 15 is 0 Å². The van der Waals surface area contributed by atoms with Crippen LogP contribution in [0.3, 0.4) is 0 Å². The van der Waals surface area contributed by atoms with Crippen LogP contribution in [0.1, 0.15) is 32.3 Å². The Morgan fingerprint density at radius 3 is 2.25 bits per heavy atom. The summed E-state index contributed by atoms with van der Waals surface area (Å²) in [6, 6.07) is 6.99. The number of likely N-dealkylation sites (tertiary alicyclic amines) is 1. The van der Waals surface area contributed by atoms with Gasteiger partial charge in [-0.3, -0.25) is 4.79 Å². The van der Waals surface area contributed by atoms with E-state index in [1.807, 2.05) is 16.7 Å². The van der Waals surface area contributed by atoms with Crippen LogP contribution in [0, 0.1) is 5.92 Å². The first kappa shape index (κ1) is 22.8.